The van der Waals surface area contributed by atoms with Gasteiger partial charge in [-0.3, -0.25) is 9.59 Å². The first-order chi connectivity index (χ1) is 10.1. The molecule has 0 spiro atoms. The Morgan fingerprint density at radius 1 is 1.24 bits per heavy atom. The van der Waals surface area contributed by atoms with Crippen molar-refractivity contribution in [3.05, 3.63) is 35.4 Å². The van der Waals surface area contributed by atoms with Gasteiger partial charge in [-0.1, -0.05) is 24.3 Å². The zero-order valence-corrected chi connectivity index (χ0v) is 10.8. The summed E-state index contributed by atoms with van der Waals surface area (Å²) in [5, 5.41) is 11.5. The van der Waals surface area contributed by atoms with E-state index in [4.69, 9.17) is 15.2 Å². The van der Waals surface area contributed by atoms with Crippen LogP contribution in [0, 0.1) is 0 Å². The molecule has 2 aliphatic heterocycles. The Bertz CT molecular complexity index is 813. The van der Waals surface area contributed by atoms with Crippen molar-refractivity contribution < 1.29 is 24.2 Å². The van der Waals surface area contributed by atoms with E-state index in [1.54, 1.807) is 24.3 Å². The number of fused-ring (bicyclic) bond motifs is 5. The summed E-state index contributed by atoms with van der Waals surface area (Å²) in [6, 6.07) is 7.01. The van der Waals surface area contributed by atoms with Crippen LogP contribution in [0.2, 0.25) is 0 Å². The Balaban J connectivity index is 2.10. The number of aromatic hydroxyl groups is 1. The SMILES string of the molecule is NC(=O)c1c2c(c3ccccc3c1O)O[C@H]1CC(=O)O[C@@H]21. The molecule has 0 aromatic heterocycles. The van der Waals surface area contributed by atoms with Gasteiger partial charge in [0.15, 0.2) is 12.2 Å². The Labute approximate surface area is 119 Å². The summed E-state index contributed by atoms with van der Waals surface area (Å²) in [7, 11) is 0. The third kappa shape index (κ3) is 1.47. The molecule has 2 aromatic carbocycles. The van der Waals surface area contributed by atoms with Crippen molar-refractivity contribution in [2.75, 3.05) is 0 Å². The quantitative estimate of drug-likeness (QED) is 0.771. The smallest absolute Gasteiger partial charge is 0.310 e. The lowest BCUT2D eigenvalue weighted by Gasteiger charge is -2.13. The normalized spacial score (nSPS) is 22.6. The molecule has 0 radical (unpaired) electrons. The number of hydrogen-bond acceptors (Lipinski definition) is 5. The van der Waals surface area contributed by atoms with E-state index in [2.05, 4.69) is 0 Å². The van der Waals surface area contributed by atoms with Crippen LogP contribution >= 0.6 is 0 Å². The van der Waals surface area contributed by atoms with E-state index in [0.29, 0.717) is 22.1 Å². The largest absolute Gasteiger partial charge is 0.506 e. The molecule has 6 nitrogen and oxygen atoms in total. The van der Waals surface area contributed by atoms with Crippen LogP contribution < -0.4 is 10.5 Å². The maximum absolute atomic E-state index is 11.8. The number of primary amides is 1. The number of nitrogens with two attached hydrogens (primary N) is 1. The minimum absolute atomic E-state index is 0.0362. The molecule has 6 heteroatoms. The highest BCUT2D eigenvalue weighted by molar-refractivity contribution is 6.08. The van der Waals surface area contributed by atoms with Gasteiger partial charge >= 0.3 is 5.97 Å². The molecule has 1 fully saturated rings. The van der Waals surface area contributed by atoms with E-state index in [9.17, 15) is 14.7 Å². The Kier molecular flexibility index (Phi) is 2.22. The van der Waals surface area contributed by atoms with Crippen molar-refractivity contribution in [1.82, 2.24) is 0 Å². The van der Waals surface area contributed by atoms with Crippen molar-refractivity contribution in [2.45, 2.75) is 18.6 Å². The van der Waals surface area contributed by atoms with E-state index in [1.165, 1.54) is 0 Å². The fourth-order valence-corrected chi connectivity index (χ4v) is 3.09. The topological polar surface area (TPSA) is 98.9 Å². The molecule has 0 unspecified atom stereocenters. The van der Waals surface area contributed by atoms with Gasteiger partial charge < -0.3 is 20.3 Å². The number of carbonyl (C=O) groups is 2. The summed E-state index contributed by atoms with van der Waals surface area (Å²) < 4.78 is 11.0. The van der Waals surface area contributed by atoms with Crippen molar-refractivity contribution >= 4 is 22.6 Å². The van der Waals surface area contributed by atoms with Crippen LogP contribution in [0.1, 0.15) is 28.4 Å². The van der Waals surface area contributed by atoms with E-state index in [0.717, 1.165) is 0 Å². The van der Waals surface area contributed by atoms with Crippen molar-refractivity contribution in [3.8, 4) is 11.5 Å². The van der Waals surface area contributed by atoms with Crippen LogP contribution in [0.15, 0.2) is 24.3 Å². The minimum atomic E-state index is -0.776. The van der Waals surface area contributed by atoms with Gasteiger partial charge in [-0.15, -0.1) is 0 Å². The molecular weight excluding hydrogens is 274 g/mol. The predicted molar refractivity (Wildman–Crippen MR) is 72.0 cm³/mol. The van der Waals surface area contributed by atoms with E-state index < -0.39 is 24.1 Å². The minimum Gasteiger partial charge on any atom is -0.506 e. The standard InChI is InChI=1S/C15H11NO5/c16-15(19)10-11-13(20-8-5-9(17)21-14(8)11)7-4-2-1-3-6(7)12(10)18/h1-4,8,14,18H,5H2,(H2,16,19)/t8-,14+/m0/s1. The summed E-state index contributed by atoms with van der Waals surface area (Å²) >= 11 is 0. The first kappa shape index (κ1) is 12.0. The third-order valence-corrected chi connectivity index (χ3v) is 3.94. The molecule has 4 rings (SSSR count). The first-order valence-electron chi connectivity index (χ1n) is 6.51. The number of rotatable bonds is 1. The number of amides is 1. The number of carbonyl (C=O) groups excluding carboxylic acids is 2. The highest BCUT2D eigenvalue weighted by atomic mass is 16.6. The summed E-state index contributed by atoms with van der Waals surface area (Å²) in [4.78, 5) is 23.2. The average Bonchev–Trinajstić information content (AvgIpc) is 2.96. The second-order valence-electron chi connectivity index (χ2n) is 5.15. The van der Waals surface area contributed by atoms with Crippen LogP contribution in [0.5, 0.6) is 11.5 Å². The number of phenols is 1. The summed E-state index contributed by atoms with van der Waals surface area (Å²) in [5.41, 5.74) is 5.73. The lowest BCUT2D eigenvalue weighted by molar-refractivity contribution is -0.141. The second-order valence-corrected chi connectivity index (χ2v) is 5.15. The molecule has 1 saturated heterocycles. The molecule has 3 N–H and O–H groups in total. The molecule has 2 heterocycles. The first-order valence-corrected chi connectivity index (χ1v) is 6.51. The summed E-state index contributed by atoms with van der Waals surface area (Å²) in [6.07, 6.45) is -1.05. The molecule has 0 aliphatic carbocycles. The molecule has 2 aromatic rings. The van der Waals surface area contributed by atoms with Crippen LogP contribution in [0.25, 0.3) is 10.8 Å². The number of ether oxygens (including phenoxy) is 2. The lowest BCUT2D eigenvalue weighted by Crippen LogP contribution is -2.17. The van der Waals surface area contributed by atoms with E-state index in [1.807, 2.05) is 0 Å². The molecule has 106 valence electrons. The van der Waals surface area contributed by atoms with Gasteiger partial charge in [-0.05, 0) is 0 Å². The van der Waals surface area contributed by atoms with E-state index in [-0.39, 0.29) is 17.7 Å². The highest BCUT2D eigenvalue weighted by Gasteiger charge is 2.48. The highest BCUT2D eigenvalue weighted by Crippen LogP contribution is 2.52. The molecule has 0 bridgehead atoms. The summed E-state index contributed by atoms with van der Waals surface area (Å²) in [5.74, 6) is -0.913. The molecule has 2 atom stereocenters. The second kappa shape index (κ2) is 3.88. The maximum Gasteiger partial charge on any atom is 0.310 e. The van der Waals surface area contributed by atoms with Crippen molar-refractivity contribution in [1.29, 1.82) is 0 Å². The van der Waals surface area contributed by atoms with Gasteiger partial charge in [0.25, 0.3) is 5.91 Å². The van der Waals surface area contributed by atoms with Crippen LogP contribution in [-0.4, -0.2) is 23.1 Å². The lowest BCUT2D eigenvalue weighted by atomic mass is 9.94. The van der Waals surface area contributed by atoms with Gasteiger partial charge in [0.05, 0.1) is 17.5 Å². The van der Waals surface area contributed by atoms with Crippen LogP contribution in [0.4, 0.5) is 0 Å². The Morgan fingerprint density at radius 2 is 1.95 bits per heavy atom. The summed E-state index contributed by atoms with van der Waals surface area (Å²) in [6.45, 7) is 0. The molecule has 21 heavy (non-hydrogen) atoms. The Hall–Kier alpha value is -2.76. The van der Waals surface area contributed by atoms with Crippen LogP contribution in [0.3, 0.4) is 0 Å². The zero-order chi connectivity index (χ0) is 14.7. The molecule has 2 aliphatic rings. The number of esters is 1. The van der Waals surface area contributed by atoms with Gasteiger partial charge in [-0.25, -0.2) is 0 Å². The van der Waals surface area contributed by atoms with Crippen molar-refractivity contribution in [2.24, 2.45) is 5.73 Å². The predicted octanol–water partition coefficient (Wildman–Crippen LogP) is 1.39. The van der Waals surface area contributed by atoms with Crippen molar-refractivity contribution in [3.63, 3.8) is 0 Å². The van der Waals surface area contributed by atoms with Gasteiger partial charge in [0, 0.05) is 10.8 Å². The average molecular weight is 285 g/mol. The third-order valence-electron chi connectivity index (χ3n) is 3.94. The fourth-order valence-electron chi connectivity index (χ4n) is 3.09. The van der Waals surface area contributed by atoms with Gasteiger partial charge in [0.2, 0.25) is 0 Å². The Morgan fingerprint density at radius 3 is 2.67 bits per heavy atom. The number of benzene rings is 2. The van der Waals surface area contributed by atoms with Crippen LogP contribution in [-0.2, 0) is 9.53 Å². The fraction of sp³-hybridized carbons (Fsp3) is 0.200. The van der Waals surface area contributed by atoms with Gasteiger partial charge in [-0.2, -0.15) is 0 Å². The maximum atomic E-state index is 11.8. The molecule has 0 saturated carbocycles. The number of hydrogen-bond donors (Lipinski definition) is 2. The molecular formula is C15H11NO5. The van der Waals surface area contributed by atoms with E-state index >= 15 is 0 Å². The monoisotopic (exact) mass is 285 g/mol. The molecule has 1 amide bonds. The van der Waals surface area contributed by atoms with Gasteiger partial charge in [0.1, 0.15) is 11.5 Å². The zero-order valence-electron chi connectivity index (χ0n) is 10.8.